The van der Waals surface area contributed by atoms with Gasteiger partial charge in [0.15, 0.2) is 5.75 Å². The third-order valence-corrected chi connectivity index (χ3v) is 4.04. The van der Waals surface area contributed by atoms with Gasteiger partial charge in [0.2, 0.25) is 0 Å². The van der Waals surface area contributed by atoms with E-state index in [1.54, 1.807) is 12.1 Å². The normalized spacial score (nSPS) is 11.4. The highest BCUT2D eigenvalue weighted by molar-refractivity contribution is 5.75. The number of rotatable bonds is 11. The van der Waals surface area contributed by atoms with Gasteiger partial charge in [-0.05, 0) is 32.4 Å². The fourth-order valence-corrected chi connectivity index (χ4v) is 2.37. The molecule has 0 atom stereocenters. The largest absolute Gasteiger partial charge is 0.488 e. The Labute approximate surface area is 138 Å². The minimum absolute atomic E-state index is 0.216. The van der Waals surface area contributed by atoms with Crippen LogP contribution in [-0.2, 0) is 10.3 Å². The number of hydrogen-bond acceptors (Lipinski definition) is 3. The number of nitrogens with zero attached hydrogens (tertiary/aromatic N) is 1. The van der Waals surface area contributed by atoms with Gasteiger partial charge in [0.05, 0.1) is 6.61 Å². The number of pyridine rings is 1. The third kappa shape index (κ3) is 5.73. The third-order valence-electron chi connectivity index (χ3n) is 4.04. The van der Waals surface area contributed by atoms with Crippen LogP contribution in [-0.4, -0.2) is 22.2 Å². The molecule has 0 amide bonds. The summed E-state index contributed by atoms with van der Waals surface area (Å²) in [5, 5.41) is 9.24. The molecule has 1 heterocycles. The fraction of sp³-hybridized carbons (Fsp3) is 0.667. The summed E-state index contributed by atoms with van der Waals surface area (Å²) in [6, 6.07) is 3.24. The van der Waals surface area contributed by atoms with E-state index in [0.29, 0.717) is 6.61 Å². The zero-order valence-electron chi connectivity index (χ0n) is 14.5. The number of ether oxygens (including phenoxy) is 1. The van der Waals surface area contributed by atoms with Crippen LogP contribution < -0.4 is 10.3 Å². The Hall–Kier alpha value is -1.78. The lowest BCUT2D eigenvalue weighted by molar-refractivity contribution is -0.145. The van der Waals surface area contributed by atoms with E-state index in [1.807, 2.05) is 0 Å². The standard InChI is InChI=1S/C18H29NO4/c1-4-5-6-7-8-9-10-14-23-15-12-11-13-19(16(15)20)18(2,3)17(21)22/h11-13H,4-10,14H2,1-3H3,(H,21,22). The van der Waals surface area contributed by atoms with Crippen LogP contribution in [0.3, 0.4) is 0 Å². The van der Waals surface area contributed by atoms with Gasteiger partial charge in [0, 0.05) is 6.20 Å². The molecule has 0 aliphatic carbocycles. The average Bonchev–Trinajstić information content (AvgIpc) is 2.51. The molecular weight excluding hydrogens is 294 g/mol. The molecule has 23 heavy (non-hydrogen) atoms. The number of carbonyl (C=O) groups is 1. The van der Waals surface area contributed by atoms with Crippen LogP contribution in [0.2, 0.25) is 0 Å². The van der Waals surface area contributed by atoms with Gasteiger partial charge in [-0.2, -0.15) is 0 Å². The first kappa shape index (κ1) is 19.3. The Morgan fingerprint density at radius 3 is 2.39 bits per heavy atom. The number of carboxylic acids is 1. The van der Waals surface area contributed by atoms with Crippen molar-refractivity contribution in [1.82, 2.24) is 4.57 Å². The second-order valence-corrected chi connectivity index (χ2v) is 6.38. The van der Waals surface area contributed by atoms with Crippen LogP contribution in [0.25, 0.3) is 0 Å². The van der Waals surface area contributed by atoms with Crippen LogP contribution in [0.15, 0.2) is 23.1 Å². The van der Waals surface area contributed by atoms with E-state index < -0.39 is 17.1 Å². The second-order valence-electron chi connectivity index (χ2n) is 6.38. The Morgan fingerprint density at radius 1 is 1.17 bits per heavy atom. The van der Waals surface area contributed by atoms with Crippen molar-refractivity contribution >= 4 is 5.97 Å². The maximum atomic E-state index is 12.3. The number of carboxylic acid groups (broad SMARTS) is 1. The highest BCUT2D eigenvalue weighted by Gasteiger charge is 2.30. The number of aromatic nitrogens is 1. The van der Waals surface area contributed by atoms with Gasteiger partial charge >= 0.3 is 5.97 Å². The molecule has 1 aromatic heterocycles. The molecule has 1 rings (SSSR count). The second kappa shape index (κ2) is 9.38. The quantitative estimate of drug-likeness (QED) is 0.629. The molecule has 0 aliphatic heterocycles. The summed E-state index contributed by atoms with van der Waals surface area (Å²) in [7, 11) is 0. The van der Waals surface area contributed by atoms with Gasteiger partial charge in [0.1, 0.15) is 5.54 Å². The molecule has 0 saturated heterocycles. The summed E-state index contributed by atoms with van der Waals surface area (Å²) in [6.45, 7) is 5.68. The van der Waals surface area contributed by atoms with E-state index in [2.05, 4.69) is 6.92 Å². The summed E-state index contributed by atoms with van der Waals surface area (Å²) in [6.07, 6.45) is 9.74. The highest BCUT2D eigenvalue weighted by Crippen LogP contribution is 2.15. The first-order chi connectivity index (χ1) is 10.9. The van der Waals surface area contributed by atoms with Crippen molar-refractivity contribution in [3.63, 3.8) is 0 Å². The van der Waals surface area contributed by atoms with E-state index in [0.717, 1.165) is 12.8 Å². The Kier molecular flexibility index (Phi) is 7.86. The maximum Gasteiger partial charge on any atom is 0.329 e. The molecule has 1 aromatic rings. The fourth-order valence-electron chi connectivity index (χ4n) is 2.37. The van der Waals surface area contributed by atoms with Crippen molar-refractivity contribution in [3.05, 3.63) is 28.7 Å². The average molecular weight is 323 g/mol. The molecule has 0 spiro atoms. The monoisotopic (exact) mass is 323 g/mol. The first-order valence-corrected chi connectivity index (χ1v) is 8.49. The van der Waals surface area contributed by atoms with Crippen molar-refractivity contribution in [2.75, 3.05) is 6.61 Å². The van der Waals surface area contributed by atoms with E-state index in [4.69, 9.17) is 4.74 Å². The van der Waals surface area contributed by atoms with Crippen molar-refractivity contribution in [1.29, 1.82) is 0 Å². The summed E-state index contributed by atoms with van der Waals surface area (Å²) in [5.74, 6) is -0.836. The van der Waals surface area contributed by atoms with Gasteiger partial charge in [-0.3, -0.25) is 9.36 Å². The molecule has 0 aliphatic rings. The number of aliphatic carboxylic acids is 1. The zero-order chi connectivity index (χ0) is 17.3. The highest BCUT2D eigenvalue weighted by atomic mass is 16.5. The minimum atomic E-state index is -1.30. The van der Waals surface area contributed by atoms with Crippen LogP contribution in [0.5, 0.6) is 5.75 Å². The lowest BCUT2D eigenvalue weighted by Crippen LogP contribution is -2.42. The summed E-state index contributed by atoms with van der Waals surface area (Å²) in [4.78, 5) is 23.6. The predicted molar refractivity (Wildman–Crippen MR) is 91.1 cm³/mol. The Morgan fingerprint density at radius 2 is 1.78 bits per heavy atom. The Bertz CT molecular complexity index is 548. The predicted octanol–water partition coefficient (Wildman–Crippen LogP) is 3.80. The van der Waals surface area contributed by atoms with Crippen LogP contribution in [0.1, 0.15) is 65.7 Å². The summed E-state index contributed by atoms with van der Waals surface area (Å²) < 4.78 is 6.76. The molecular formula is C18H29NO4. The molecule has 0 saturated carbocycles. The first-order valence-electron chi connectivity index (χ1n) is 8.49. The van der Waals surface area contributed by atoms with Gasteiger partial charge < -0.3 is 9.84 Å². The van der Waals surface area contributed by atoms with E-state index in [9.17, 15) is 14.7 Å². The van der Waals surface area contributed by atoms with Gasteiger partial charge in [-0.15, -0.1) is 0 Å². The van der Waals surface area contributed by atoms with E-state index in [-0.39, 0.29) is 5.75 Å². The van der Waals surface area contributed by atoms with Crippen LogP contribution >= 0.6 is 0 Å². The molecule has 0 fully saturated rings. The van der Waals surface area contributed by atoms with Gasteiger partial charge in [-0.25, -0.2) is 4.79 Å². The zero-order valence-corrected chi connectivity index (χ0v) is 14.5. The Balaban J connectivity index is 2.50. The molecule has 0 unspecified atom stereocenters. The smallest absolute Gasteiger partial charge is 0.329 e. The van der Waals surface area contributed by atoms with Crippen molar-refractivity contribution in [3.8, 4) is 5.75 Å². The summed E-state index contributed by atoms with van der Waals surface area (Å²) >= 11 is 0. The molecule has 5 heteroatoms. The minimum Gasteiger partial charge on any atom is -0.488 e. The molecule has 5 nitrogen and oxygen atoms in total. The van der Waals surface area contributed by atoms with E-state index >= 15 is 0 Å². The van der Waals surface area contributed by atoms with Crippen LogP contribution in [0, 0.1) is 0 Å². The molecule has 130 valence electrons. The lowest BCUT2D eigenvalue weighted by atomic mass is 10.1. The number of hydrogen-bond donors (Lipinski definition) is 1. The molecule has 0 bridgehead atoms. The maximum absolute atomic E-state index is 12.3. The molecule has 0 radical (unpaired) electrons. The van der Waals surface area contributed by atoms with E-state index in [1.165, 1.54) is 56.7 Å². The van der Waals surface area contributed by atoms with Crippen molar-refractivity contribution in [2.24, 2.45) is 0 Å². The SMILES string of the molecule is CCCCCCCCCOc1cccn(C(C)(C)C(=O)O)c1=O. The summed E-state index contributed by atoms with van der Waals surface area (Å²) in [5.41, 5.74) is -1.70. The van der Waals surface area contributed by atoms with Crippen molar-refractivity contribution < 1.29 is 14.6 Å². The molecule has 1 N–H and O–H groups in total. The molecule has 0 aromatic carbocycles. The van der Waals surface area contributed by atoms with Gasteiger partial charge in [0.25, 0.3) is 5.56 Å². The van der Waals surface area contributed by atoms with Gasteiger partial charge in [-0.1, -0.05) is 45.4 Å². The topological polar surface area (TPSA) is 68.5 Å². The lowest BCUT2D eigenvalue weighted by Gasteiger charge is -2.22. The van der Waals surface area contributed by atoms with Crippen molar-refractivity contribution in [2.45, 2.75) is 71.3 Å². The number of unbranched alkanes of at least 4 members (excludes halogenated alkanes) is 6. The van der Waals surface area contributed by atoms with Crippen LogP contribution in [0.4, 0.5) is 0 Å².